The van der Waals surface area contributed by atoms with Crippen molar-refractivity contribution in [2.24, 2.45) is 0 Å². The molecule has 21 heavy (non-hydrogen) atoms. The van der Waals surface area contributed by atoms with Crippen LogP contribution in [0.4, 0.5) is 4.39 Å². The van der Waals surface area contributed by atoms with Crippen LogP contribution in [0.3, 0.4) is 0 Å². The standard InChI is InChI=1S/C15H14FN5/c1-3-19-10(2)12-6-11(16)4-5-14(12)21-9-20-13(7-17)15(21)8-18/h4-6,9-10,19H,3H2,1-2H3. The van der Waals surface area contributed by atoms with Crippen LogP contribution in [0.25, 0.3) is 5.69 Å². The molecule has 1 aromatic carbocycles. The maximum atomic E-state index is 13.5. The predicted molar refractivity (Wildman–Crippen MR) is 75.0 cm³/mol. The van der Waals surface area contributed by atoms with Crippen LogP contribution in [0.2, 0.25) is 0 Å². The van der Waals surface area contributed by atoms with E-state index in [2.05, 4.69) is 10.3 Å². The van der Waals surface area contributed by atoms with Crippen LogP contribution in [0.15, 0.2) is 24.5 Å². The molecule has 1 atom stereocenters. The Kier molecular flexibility index (Phi) is 4.32. The Hall–Kier alpha value is -2.70. The molecular formula is C15H14FN5. The summed E-state index contributed by atoms with van der Waals surface area (Å²) in [5.41, 5.74) is 1.54. The Balaban J connectivity index is 2.62. The molecular weight excluding hydrogens is 269 g/mol. The number of benzene rings is 1. The lowest BCUT2D eigenvalue weighted by Crippen LogP contribution is -2.19. The Morgan fingerprint density at radius 1 is 1.38 bits per heavy atom. The van der Waals surface area contributed by atoms with Gasteiger partial charge in [-0.05, 0) is 37.2 Å². The first kappa shape index (κ1) is 14.7. The van der Waals surface area contributed by atoms with Crippen LogP contribution in [0, 0.1) is 28.5 Å². The molecule has 0 radical (unpaired) electrons. The zero-order chi connectivity index (χ0) is 15.4. The second-order valence-corrected chi connectivity index (χ2v) is 4.52. The van der Waals surface area contributed by atoms with Crippen LogP contribution in [-0.2, 0) is 0 Å². The van der Waals surface area contributed by atoms with Gasteiger partial charge in [0.1, 0.15) is 24.3 Å². The van der Waals surface area contributed by atoms with Gasteiger partial charge in [0.15, 0.2) is 11.4 Å². The average Bonchev–Trinajstić information content (AvgIpc) is 2.90. The summed E-state index contributed by atoms with van der Waals surface area (Å²) in [7, 11) is 0. The fourth-order valence-electron chi connectivity index (χ4n) is 2.23. The second kappa shape index (κ2) is 6.17. The van der Waals surface area contributed by atoms with E-state index in [0.29, 0.717) is 11.3 Å². The quantitative estimate of drug-likeness (QED) is 0.934. The molecule has 0 fully saturated rings. The second-order valence-electron chi connectivity index (χ2n) is 4.52. The van der Waals surface area contributed by atoms with Crippen LogP contribution < -0.4 is 5.32 Å². The molecule has 0 saturated heterocycles. The van der Waals surface area contributed by atoms with E-state index in [0.717, 1.165) is 6.54 Å². The number of hydrogen-bond donors (Lipinski definition) is 1. The van der Waals surface area contributed by atoms with E-state index in [9.17, 15) is 9.65 Å². The Morgan fingerprint density at radius 3 is 2.76 bits per heavy atom. The van der Waals surface area contributed by atoms with Crippen molar-refractivity contribution in [1.29, 1.82) is 10.5 Å². The maximum absolute atomic E-state index is 13.5. The van der Waals surface area contributed by atoms with Crippen molar-refractivity contribution in [2.75, 3.05) is 6.54 Å². The van der Waals surface area contributed by atoms with Crippen molar-refractivity contribution in [3.05, 3.63) is 47.3 Å². The fraction of sp³-hybridized carbons (Fsp3) is 0.267. The highest BCUT2D eigenvalue weighted by Crippen LogP contribution is 2.24. The molecule has 0 amide bonds. The van der Waals surface area contributed by atoms with Gasteiger partial charge < -0.3 is 5.32 Å². The number of hydrogen-bond acceptors (Lipinski definition) is 4. The summed E-state index contributed by atoms with van der Waals surface area (Å²) in [6, 6.07) is 8.09. The average molecular weight is 283 g/mol. The lowest BCUT2D eigenvalue weighted by Gasteiger charge is -2.18. The van der Waals surface area contributed by atoms with Gasteiger partial charge in [-0.2, -0.15) is 10.5 Å². The van der Waals surface area contributed by atoms with Crippen molar-refractivity contribution in [1.82, 2.24) is 14.9 Å². The van der Waals surface area contributed by atoms with E-state index in [1.54, 1.807) is 6.07 Å². The minimum Gasteiger partial charge on any atom is -0.310 e. The van der Waals surface area contributed by atoms with Gasteiger partial charge in [0.05, 0.1) is 5.69 Å². The molecule has 0 aliphatic heterocycles. The van der Waals surface area contributed by atoms with E-state index in [1.165, 1.54) is 23.0 Å². The first-order valence-electron chi connectivity index (χ1n) is 6.53. The third-order valence-corrected chi connectivity index (χ3v) is 3.21. The van der Waals surface area contributed by atoms with E-state index >= 15 is 0 Å². The first-order chi connectivity index (χ1) is 10.1. The van der Waals surface area contributed by atoms with Crippen molar-refractivity contribution in [3.8, 4) is 17.8 Å². The Morgan fingerprint density at radius 2 is 2.14 bits per heavy atom. The molecule has 1 unspecified atom stereocenters. The summed E-state index contributed by atoms with van der Waals surface area (Å²) in [5.74, 6) is -0.349. The van der Waals surface area contributed by atoms with Gasteiger partial charge in [-0.3, -0.25) is 4.57 Å². The van der Waals surface area contributed by atoms with Crippen LogP contribution in [0.5, 0.6) is 0 Å². The molecule has 0 aliphatic rings. The summed E-state index contributed by atoms with van der Waals surface area (Å²) in [4.78, 5) is 3.92. The molecule has 1 N–H and O–H groups in total. The summed E-state index contributed by atoms with van der Waals surface area (Å²) in [6.07, 6.45) is 1.41. The molecule has 6 heteroatoms. The van der Waals surface area contributed by atoms with Crippen LogP contribution in [-0.4, -0.2) is 16.1 Å². The summed E-state index contributed by atoms with van der Waals surface area (Å²) >= 11 is 0. The van der Waals surface area contributed by atoms with Gasteiger partial charge in [0.25, 0.3) is 0 Å². The highest BCUT2D eigenvalue weighted by atomic mass is 19.1. The SMILES string of the molecule is CCNC(C)c1cc(F)ccc1-n1cnc(C#N)c1C#N. The number of nitriles is 2. The third-order valence-electron chi connectivity index (χ3n) is 3.21. The molecule has 5 nitrogen and oxygen atoms in total. The smallest absolute Gasteiger partial charge is 0.177 e. The Bertz CT molecular complexity index is 735. The minimum absolute atomic E-state index is 0.0591. The molecule has 2 aromatic rings. The monoisotopic (exact) mass is 283 g/mol. The molecule has 2 rings (SSSR count). The van der Waals surface area contributed by atoms with E-state index in [1.807, 2.05) is 26.0 Å². The topological polar surface area (TPSA) is 77.4 Å². The van der Waals surface area contributed by atoms with Crippen molar-refractivity contribution in [3.63, 3.8) is 0 Å². The van der Waals surface area contributed by atoms with Crippen LogP contribution >= 0.6 is 0 Å². The lowest BCUT2D eigenvalue weighted by atomic mass is 10.1. The normalized spacial score (nSPS) is 11.7. The van der Waals surface area contributed by atoms with Gasteiger partial charge in [-0.1, -0.05) is 6.92 Å². The number of nitrogens with one attached hydrogen (secondary N) is 1. The minimum atomic E-state index is -0.349. The number of aromatic nitrogens is 2. The predicted octanol–water partition coefficient (Wildman–Crippen LogP) is 2.43. The molecule has 0 bridgehead atoms. The number of nitrogens with zero attached hydrogens (tertiary/aromatic N) is 4. The zero-order valence-electron chi connectivity index (χ0n) is 11.8. The van der Waals surface area contributed by atoms with E-state index in [-0.39, 0.29) is 23.2 Å². The first-order valence-corrected chi connectivity index (χ1v) is 6.53. The van der Waals surface area contributed by atoms with Gasteiger partial charge in [0, 0.05) is 6.04 Å². The number of halogens is 1. The van der Waals surface area contributed by atoms with Gasteiger partial charge >= 0.3 is 0 Å². The molecule has 106 valence electrons. The number of imidazole rings is 1. The maximum Gasteiger partial charge on any atom is 0.177 e. The van der Waals surface area contributed by atoms with Crippen molar-refractivity contribution < 1.29 is 4.39 Å². The van der Waals surface area contributed by atoms with E-state index < -0.39 is 0 Å². The third kappa shape index (κ3) is 2.76. The largest absolute Gasteiger partial charge is 0.310 e. The summed E-state index contributed by atoms with van der Waals surface area (Å²) in [6.45, 7) is 4.60. The van der Waals surface area contributed by atoms with Crippen LogP contribution in [0.1, 0.15) is 36.8 Å². The van der Waals surface area contributed by atoms with Gasteiger partial charge in [-0.25, -0.2) is 9.37 Å². The molecule has 0 spiro atoms. The Labute approximate surface area is 122 Å². The molecule has 0 saturated carbocycles. The molecule has 1 aromatic heterocycles. The van der Waals surface area contributed by atoms with Gasteiger partial charge in [0.2, 0.25) is 0 Å². The zero-order valence-corrected chi connectivity index (χ0v) is 11.8. The lowest BCUT2D eigenvalue weighted by molar-refractivity contribution is 0.580. The van der Waals surface area contributed by atoms with Crippen molar-refractivity contribution >= 4 is 0 Å². The van der Waals surface area contributed by atoms with Gasteiger partial charge in [-0.15, -0.1) is 0 Å². The number of rotatable bonds is 4. The summed E-state index contributed by atoms with van der Waals surface area (Å²) < 4.78 is 15.1. The van der Waals surface area contributed by atoms with Crippen molar-refractivity contribution in [2.45, 2.75) is 19.9 Å². The highest BCUT2D eigenvalue weighted by Gasteiger charge is 2.17. The fourth-order valence-corrected chi connectivity index (χ4v) is 2.23. The molecule has 0 aliphatic carbocycles. The highest BCUT2D eigenvalue weighted by molar-refractivity contribution is 5.49. The summed E-state index contributed by atoms with van der Waals surface area (Å²) in [5, 5.41) is 21.4. The van der Waals surface area contributed by atoms with E-state index in [4.69, 9.17) is 5.26 Å². The molecule has 1 heterocycles.